The minimum atomic E-state index is -1.27. The van der Waals surface area contributed by atoms with Crippen LogP contribution in [0.15, 0.2) is 24.5 Å². The Kier molecular flexibility index (Phi) is 4.09. The third-order valence-electron chi connectivity index (χ3n) is 2.68. The summed E-state index contributed by atoms with van der Waals surface area (Å²) in [5.74, 6) is 0. The molecule has 0 unspecified atom stereocenters. The summed E-state index contributed by atoms with van der Waals surface area (Å²) in [6, 6.07) is 3.38. The van der Waals surface area contributed by atoms with Crippen LogP contribution >= 0.6 is 0 Å². The lowest BCUT2D eigenvalue weighted by molar-refractivity contribution is 0.0847. The molecule has 0 aliphatic carbocycles. The molecule has 7 heteroatoms. The summed E-state index contributed by atoms with van der Waals surface area (Å²) in [5, 5.41) is 19.7. The van der Waals surface area contributed by atoms with Crippen LogP contribution in [0.4, 0.5) is 9.59 Å². The first-order chi connectivity index (χ1) is 8.35. The summed E-state index contributed by atoms with van der Waals surface area (Å²) >= 11 is 0. The quantitative estimate of drug-likeness (QED) is 0.706. The van der Waals surface area contributed by atoms with Gasteiger partial charge in [-0.3, -0.25) is 9.88 Å². The van der Waals surface area contributed by atoms with Crippen molar-refractivity contribution < 1.29 is 19.8 Å². The van der Waals surface area contributed by atoms with Crippen molar-refractivity contribution in [3.05, 3.63) is 30.1 Å². The van der Waals surface area contributed by atoms with Crippen LogP contribution in [0.2, 0.25) is 0 Å². The van der Waals surface area contributed by atoms with E-state index in [1.165, 1.54) is 0 Å². The zero-order valence-electron chi connectivity index (χ0n) is 10.1. The van der Waals surface area contributed by atoms with Crippen molar-refractivity contribution >= 4 is 12.2 Å². The van der Waals surface area contributed by atoms with Gasteiger partial charge in [-0.05, 0) is 31.5 Å². The Morgan fingerprint density at radius 1 is 1.33 bits per heavy atom. The van der Waals surface area contributed by atoms with Gasteiger partial charge in [-0.2, -0.15) is 0 Å². The summed E-state index contributed by atoms with van der Waals surface area (Å²) in [5.41, 5.74) is -0.135. The maximum absolute atomic E-state index is 11.2. The molecule has 1 aromatic rings. The van der Waals surface area contributed by atoms with Crippen molar-refractivity contribution in [3.8, 4) is 0 Å². The minimum Gasteiger partial charge on any atom is -0.465 e. The predicted molar refractivity (Wildman–Crippen MR) is 63.2 cm³/mol. The fraction of sp³-hybridized carbons (Fsp3) is 0.364. The minimum absolute atomic E-state index is 0.306. The van der Waals surface area contributed by atoms with Crippen molar-refractivity contribution in [2.75, 3.05) is 6.67 Å². The Morgan fingerprint density at radius 3 is 2.33 bits per heavy atom. The average molecular weight is 253 g/mol. The summed E-state index contributed by atoms with van der Waals surface area (Å²) < 4.78 is 0. The zero-order valence-corrected chi connectivity index (χ0v) is 10.1. The third-order valence-corrected chi connectivity index (χ3v) is 2.68. The van der Waals surface area contributed by atoms with Gasteiger partial charge in [0.25, 0.3) is 0 Å². The Balaban J connectivity index is 2.97. The van der Waals surface area contributed by atoms with Gasteiger partial charge in [-0.15, -0.1) is 0 Å². The monoisotopic (exact) mass is 253 g/mol. The lowest BCUT2D eigenvalue weighted by atomic mass is 9.94. The van der Waals surface area contributed by atoms with Crippen LogP contribution in [0.1, 0.15) is 19.4 Å². The van der Waals surface area contributed by atoms with E-state index in [1.54, 1.807) is 38.4 Å². The Hall–Kier alpha value is -2.31. The van der Waals surface area contributed by atoms with E-state index in [0.29, 0.717) is 0 Å². The number of nitrogens with zero attached hydrogens (tertiary/aromatic N) is 2. The predicted octanol–water partition coefficient (Wildman–Crippen LogP) is 1.52. The second-order valence-corrected chi connectivity index (χ2v) is 4.15. The standard InChI is InChI=1S/C11H15N3O4/c1-11(2,8-3-5-12-6-4-8)14(10(17)18)7-13-9(15)16/h3-6,13H,7H2,1-2H3,(H,15,16)(H,17,18). The Labute approximate surface area is 104 Å². The summed E-state index contributed by atoms with van der Waals surface area (Å²) in [6.07, 6.45) is 0.640. The molecular weight excluding hydrogens is 238 g/mol. The van der Waals surface area contributed by atoms with Gasteiger partial charge >= 0.3 is 12.2 Å². The van der Waals surface area contributed by atoms with Gasteiger partial charge in [0.2, 0.25) is 0 Å². The van der Waals surface area contributed by atoms with E-state index in [-0.39, 0.29) is 6.67 Å². The first-order valence-corrected chi connectivity index (χ1v) is 5.23. The first kappa shape index (κ1) is 13.8. The first-order valence-electron chi connectivity index (χ1n) is 5.23. The third kappa shape index (κ3) is 3.09. The number of rotatable bonds is 4. The topological polar surface area (TPSA) is 103 Å². The lowest BCUT2D eigenvalue weighted by Gasteiger charge is -2.36. The van der Waals surface area contributed by atoms with Gasteiger partial charge < -0.3 is 15.5 Å². The van der Waals surface area contributed by atoms with Gasteiger partial charge in [0.1, 0.15) is 6.67 Å². The van der Waals surface area contributed by atoms with Crippen molar-refractivity contribution in [1.82, 2.24) is 15.2 Å². The highest BCUT2D eigenvalue weighted by atomic mass is 16.4. The van der Waals surface area contributed by atoms with Gasteiger partial charge in [-0.25, -0.2) is 9.59 Å². The molecule has 0 fully saturated rings. The van der Waals surface area contributed by atoms with E-state index in [4.69, 9.17) is 10.2 Å². The van der Waals surface area contributed by atoms with Crippen LogP contribution in [0, 0.1) is 0 Å². The summed E-state index contributed by atoms with van der Waals surface area (Å²) in [7, 11) is 0. The van der Waals surface area contributed by atoms with E-state index in [1.807, 2.05) is 5.32 Å². The maximum Gasteiger partial charge on any atom is 0.409 e. The van der Waals surface area contributed by atoms with Gasteiger partial charge in [0.05, 0.1) is 5.54 Å². The second-order valence-electron chi connectivity index (χ2n) is 4.15. The molecule has 3 N–H and O–H groups in total. The Morgan fingerprint density at radius 2 is 1.89 bits per heavy atom. The van der Waals surface area contributed by atoms with Crippen LogP contribution in [0.25, 0.3) is 0 Å². The number of hydrogen-bond acceptors (Lipinski definition) is 3. The number of pyridine rings is 1. The highest BCUT2D eigenvalue weighted by Gasteiger charge is 2.32. The fourth-order valence-corrected chi connectivity index (χ4v) is 1.57. The lowest BCUT2D eigenvalue weighted by Crippen LogP contribution is -2.50. The molecule has 2 amide bonds. The normalized spacial score (nSPS) is 10.8. The van der Waals surface area contributed by atoms with Gasteiger partial charge in [-0.1, -0.05) is 0 Å². The molecule has 1 aromatic heterocycles. The highest BCUT2D eigenvalue weighted by Crippen LogP contribution is 2.26. The molecule has 0 aromatic carbocycles. The van der Waals surface area contributed by atoms with Crippen molar-refractivity contribution in [3.63, 3.8) is 0 Å². The molecule has 0 saturated heterocycles. The fourth-order valence-electron chi connectivity index (χ4n) is 1.57. The smallest absolute Gasteiger partial charge is 0.409 e. The molecule has 0 radical (unpaired) electrons. The van der Waals surface area contributed by atoms with E-state index < -0.39 is 17.7 Å². The highest BCUT2D eigenvalue weighted by molar-refractivity contribution is 5.68. The van der Waals surface area contributed by atoms with Crippen LogP contribution in [0.3, 0.4) is 0 Å². The maximum atomic E-state index is 11.2. The van der Waals surface area contributed by atoms with E-state index in [9.17, 15) is 9.59 Å². The zero-order chi connectivity index (χ0) is 13.8. The largest absolute Gasteiger partial charge is 0.465 e. The molecule has 0 saturated carbocycles. The van der Waals surface area contributed by atoms with Gasteiger partial charge in [0, 0.05) is 12.4 Å². The number of carboxylic acid groups (broad SMARTS) is 2. The second kappa shape index (κ2) is 5.35. The average Bonchev–Trinajstić information content (AvgIpc) is 2.29. The molecule has 0 bridgehead atoms. The molecule has 18 heavy (non-hydrogen) atoms. The molecule has 7 nitrogen and oxygen atoms in total. The van der Waals surface area contributed by atoms with Crippen LogP contribution < -0.4 is 5.32 Å². The van der Waals surface area contributed by atoms with Crippen LogP contribution in [0.5, 0.6) is 0 Å². The molecular formula is C11H15N3O4. The van der Waals surface area contributed by atoms with Crippen molar-refractivity contribution in [1.29, 1.82) is 0 Å². The van der Waals surface area contributed by atoms with E-state index >= 15 is 0 Å². The van der Waals surface area contributed by atoms with Crippen LogP contribution in [-0.4, -0.2) is 39.0 Å². The molecule has 98 valence electrons. The van der Waals surface area contributed by atoms with E-state index in [2.05, 4.69) is 4.98 Å². The molecule has 0 aliphatic rings. The number of carbonyl (C=O) groups is 2. The van der Waals surface area contributed by atoms with Gasteiger partial charge in [0.15, 0.2) is 0 Å². The van der Waals surface area contributed by atoms with E-state index in [0.717, 1.165) is 10.5 Å². The number of nitrogens with one attached hydrogen (secondary N) is 1. The number of amides is 2. The SMILES string of the molecule is CC(C)(c1ccncc1)N(CNC(=O)O)C(=O)O. The molecule has 1 rings (SSSR count). The Bertz CT molecular complexity index is 433. The molecule has 0 atom stereocenters. The molecule has 1 heterocycles. The molecule has 0 spiro atoms. The molecule has 0 aliphatic heterocycles. The summed E-state index contributed by atoms with van der Waals surface area (Å²) in [6.45, 7) is 3.08. The van der Waals surface area contributed by atoms with Crippen molar-refractivity contribution in [2.45, 2.75) is 19.4 Å². The summed E-state index contributed by atoms with van der Waals surface area (Å²) in [4.78, 5) is 26.5. The number of hydrogen-bond donors (Lipinski definition) is 3. The van der Waals surface area contributed by atoms with Crippen LogP contribution in [-0.2, 0) is 5.54 Å². The number of aromatic nitrogens is 1. The van der Waals surface area contributed by atoms with Crippen molar-refractivity contribution in [2.24, 2.45) is 0 Å².